The smallest absolute Gasteiger partial charge is 0.0480 e. The van der Waals surface area contributed by atoms with Crippen LogP contribution >= 0.6 is 0 Å². The molecule has 0 radical (unpaired) electrons. The van der Waals surface area contributed by atoms with E-state index in [-0.39, 0.29) is 18.6 Å². The monoisotopic (exact) mass is 163 g/mol. The van der Waals surface area contributed by atoms with Crippen LogP contribution in [0, 0.1) is 5.92 Å². The van der Waals surface area contributed by atoms with E-state index in [0.29, 0.717) is 0 Å². The maximum Gasteiger partial charge on any atom is 0.0480 e. The summed E-state index contributed by atoms with van der Waals surface area (Å²) in [4.78, 5) is 0. The Hall–Kier alpha value is -0.860. The number of nitrogens with two attached hydrogens (primary N) is 1. The maximum atomic E-state index is 9.03. The quantitative estimate of drug-likeness (QED) is 0.644. The molecule has 0 bridgehead atoms. The molecule has 0 unspecified atom stereocenters. The van der Waals surface area contributed by atoms with E-state index in [1.165, 1.54) is 11.1 Å². The van der Waals surface area contributed by atoms with Gasteiger partial charge in [-0.25, -0.2) is 0 Å². The molecule has 1 aliphatic carbocycles. The molecule has 0 amide bonds. The average molecular weight is 163 g/mol. The van der Waals surface area contributed by atoms with E-state index in [9.17, 15) is 0 Å². The van der Waals surface area contributed by atoms with Crippen molar-refractivity contribution in [3.63, 3.8) is 0 Å². The largest absolute Gasteiger partial charge is 0.396 e. The van der Waals surface area contributed by atoms with Crippen molar-refractivity contribution in [1.82, 2.24) is 0 Å². The van der Waals surface area contributed by atoms with Gasteiger partial charge < -0.3 is 10.8 Å². The van der Waals surface area contributed by atoms with Gasteiger partial charge >= 0.3 is 0 Å². The Morgan fingerprint density at radius 2 is 2.17 bits per heavy atom. The third kappa shape index (κ3) is 1.04. The lowest BCUT2D eigenvalue weighted by Gasteiger charge is -2.11. The molecule has 1 aliphatic rings. The fraction of sp³-hybridized carbons (Fsp3) is 0.400. The van der Waals surface area contributed by atoms with Gasteiger partial charge in [0.2, 0.25) is 0 Å². The number of aliphatic hydroxyl groups excluding tert-OH is 1. The van der Waals surface area contributed by atoms with E-state index >= 15 is 0 Å². The van der Waals surface area contributed by atoms with Crippen LogP contribution in [0.4, 0.5) is 0 Å². The molecule has 1 aromatic rings. The molecule has 0 heterocycles. The van der Waals surface area contributed by atoms with Crippen LogP contribution in [-0.2, 0) is 6.42 Å². The molecule has 2 rings (SSSR count). The van der Waals surface area contributed by atoms with Crippen LogP contribution in [0.2, 0.25) is 0 Å². The molecular formula is C10H13NO. The predicted molar refractivity (Wildman–Crippen MR) is 47.7 cm³/mol. The van der Waals surface area contributed by atoms with E-state index in [1.54, 1.807) is 0 Å². The average Bonchev–Trinajstić information content (AvgIpc) is 2.44. The van der Waals surface area contributed by atoms with E-state index in [1.807, 2.05) is 12.1 Å². The van der Waals surface area contributed by atoms with Gasteiger partial charge in [0, 0.05) is 18.6 Å². The lowest BCUT2D eigenvalue weighted by Crippen LogP contribution is -2.19. The molecule has 64 valence electrons. The Labute approximate surface area is 72.0 Å². The van der Waals surface area contributed by atoms with Crippen molar-refractivity contribution in [2.75, 3.05) is 6.61 Å². The van der Waals surface area contributed by atoms with Gasteiger partial charge in [-0.3, -0.25) is 0 Å². The molecule has 3 N–H and O–H groups in total. The molecule has 0 spiro atoms. The van der Waals surface area contributed by atoms with Gasteiger partial charge in [-0.2, -0.15) is 0 Å². The molecule has 12 heavy (non-hydrogen) atoms. The van der Waals surface area contributed by atoms with E-state index in [0.717, 1.165) is 6.42 Å². The first kappa shape index (κ1) is 7.77. The lowest BCUT2D eigenvalue weighted by atomic mass is 10.0. The van der Waals surface area contributed by atoms with Gasteiger partial charge in [0.15, 0.2) is 0 Å². The van der Waals surface area contributed by atoms with Crippen molar-refractivity contribution >= 4 is 0 Å². The third-order valence-corrected chi connectivity index (χ3v) is 2.64. The van der Waals surface area contributed by atoms with Gasteiger partial charge in [-0.15, -0.1) is 0 Å². The highest BCUT2D eigenvalue weighted by atomic mass is 16.3. The summed E-state index contributed by atoms with van der Waals surface area (Å²) in [6.45, 7) is 0.190. The Morgan fingerprint density at radius 3 is 2.83 bits per heavy atom. The van der Waals surface area contributed by atoms with Crippen LogP contribution in [0.25, 0.3) is 0 Å². The fourth-order valence-corrected chi connectivity index (χ4v) is 1.89. The normalized spacial score (nSPS) is 27.2. The summed E-state index contributed by atoms with van der Waals surface area (Å²) in [5.41, 5.74) is 8.44. The van der Waals surface area contributed by atoms with Crippen molar-refractivity contribution < 1.29 is 5.11 Å². The Morgan fingerprint density at radius 1 is 1.42 bits per heavy atom. The minimum atomic E-state index is 0.0335. The van der Waals surface area contributed by atoms with Crippen LogP contribution in [0.5, 0.6) is 0 Å². The summed E-state index contributed by atoms with van der Waals surface area (Å²) in [6, 6.07) is 8.19. The molecular weight excluding hydrogens is 150 g/mol. The van der Waals surface area contributed by atoms with Crippen LogP contribution < -0.4 is 5.73 Å². The number of hydrogen-bond donors (Lipinski definition) is 2. The first-order valence-corrected chi connectivity index (χ1v) is 4.27. The predicted octanol–water partition coefficient (Wildman–Crippen LogP) is 0.851. The van der Waals surface area contributed by atoms with Gasteiger partial charge in [0.05, 0.1) is 0 Å². The number of benzene rings is 1. The second-order valence-corrected chi connectivity index (χ2v) is 3.37. The van der Waals surface area contributed by atoms with Crippen molar-refractivity contribution in [3.05, 3.63) is 35.4 Å². The van der Waals surface area contributed by atoms with Crippen LogP contribution in [-0.4, -0.2) is 11.7 Å². The number of fused-ring (bicyclic) bond motifs is 1. The molecule has 2 atom stereocenters. The second-order valence-electron chi connectivity index (χ2n) is 3.37. The highest BCUT2D eigenvalue weighted by molar-refractivity contribution is 5.35. The van der Waals surface area contributed by atoms with Crippen molar-refractivity contribution in [2.24, 2.45) is 11.7 Å². The Bertz CT molecular complexity index is 285. The summed E-state index contributed by atoms with van der Waals surface area (Å²) >= 11 is 0. The minimum absolute atomic E-state index is 0.0335. The third-order valence-electron chi connectivity index (χ3n) is 2.64. The van der Waals surface area contributed by atoms with E-state index in [4.69, 9.17) is 10.8 Å². The SMILES string of the molecule is N[C@H]1c2ccccc2C[C@@H]1CO. The highest BCUT2D eigenvalue weighted by Crippen LogP contribution is 2.33. The number of aliphatic hydroxyl groups is 1. The molecule has 2 nitrogen and oxygen atoms in total. The molecule has 2 heteroatoms. The van der Waals surface area contributed by atoms with Crippen LogP contribution in [0.1, 0.15) is 17.2 Å². The first-order valence-electron chi connectivity index (χ1n) is 4.27. The van der Waals surface area contributed by atoms with Crippen molar-refractivity contribution in [2.45, 2.75) is 12.5 Å². The molecule has 0 fully saturated rings. The van der Waals surface area contributed by atoms with Gasteiger partial charge in [0.1, 0.15) is 0 Å². The highest BCUT2D eigenvalue weighted by Gasteiger charge is 2.28. The summed E-state index contributed by atoms with van der Waals surface area (Å²) in [6.07, 6.45) is 0.924. The van der Waals surface area contributed by atoms with Crippen molar-refractivity contribution in [3.8, 4) is 0 Å². The van der Waals surface area contributed by atoms with Crippen LogP contribution in [0.3, 0.4) is 0 Å². The van der Waals surface area contributed by atoms with Gasteiger partial charge in [0.25, 0.3) is 0 Å². The zero-order valence-corrected chi connectivity index (χ0v) is 6.90. The molecule has 0 saturated carbocycles. The molecule has 0 saturated heterocycles. The van der Waals surface area contributed by atoms with Crippen molar-refractivity contribution in [1.29, 1.82) is 0 Å². The Kier molecular flexibility index (Phi) is 1.87. The molecule has 1 aromatic carbocycles. The summed E-state index contributed by atoms with van der Waals surface area (Å²) in [5.74, 6) is 0.224. The molecule has 0 aromatic heterocycles. The zero-order chi connectivity index (χ0) is 8.55. The minimum Gasteiger partial charge on any atom is -0.396 e. The van der Waals surface area contributed by atoms with E-state index in [2.05, 4.69) is 12.1 Å². The second kappa shape index (κ2) is 2.88. The van der Waals surface area contributed by atoms with E-state index < -0.39 is 0 Å². The van der Waals surface area contributed by atoms with Crippen LogP contribution in [0.15, 0.2) is 24.3 Å². The summed E-state index contributed by atoms with van der Waals surface area (Å²) < 4.78 is 0. The van der Waals surface area contributed by atoms with Gasteiger partial charge in [-0.1, -0.05) is 24.3 Å². The Balaban J connectivity index is 2.35. The lowest BCUT2D eigenvalue weighted by molar-refractivity contribution is 0.214. The first-order chi connectivity index (χ1) is 5.83. The summed E-state index contributed by atoms with van der Waals surface area (Å²) in [7, 11) is 0. The fourth-order valence-electron chi connectivity index (χ4n) is 1.89. The van der Waals surface area contributed by atoms with Gasteiger partial charge in [-0.05, 0) is 17.5 Å². The standard InChI is InChI=1S/C10H13NO/c11-10-8(6-12)5-7-3-1-2-4-9(7)10/h1-4,8,10,12H,5-6,11H2/t8-,10-/m1/s1. The zero-order valence-electron chi connectivity index (χ0n) is 6.90. The summed E-state index contributed by atoms with van der Waals surface area (Å²) in [5, 5.41) is 9.03. The number of hydrogen-bond acceptors (Lipinski definition) is 2. The number of rotatable bonds is 1. The molecule has 0 aliphatic heterocycles. The topological polar surface area (TPSA) is 46.2 Å². The maximum absolute atomic E-state index is 9.03.